The topological polar surface area (TPSA) is 52.6 Å². The smallest absolute Gasteiger partial charge is 0.375 e. The molecule has 0 aliphatic heterocycles. The maximum absolute atomic E-state index is 14.1. The first kappa shape index (κ1) is 16.1. The van der Waals surface area contributed by atoms with Gasteiger partial charge < -0.3 is 9.47 Å². The van der Waals surface area contributed by atoms with E-state index in [1.807, 2.05) is 0 Å². The van der Waals surface area contributed by atoms with Gasteiger partial charge in [-0.25, -0.2) is 9.18 Å². The zero-order valence-electron chi connectivity index (χ0n) is 12.1. The van der Waals surface area contributed by atoms with Crippen molar-refractivity contribution in [1.82, 2.24) is 0 Å². The summed E-state index contributed by atoms with van der Waals surface area (Å²) in [5, 5.41) is 0. The van der Waals surface area contributed by atoms with E-state index in [-0.39, 0.29) is 18.1 Å². The van der Waals surface area contributed by atoms with E-state index in [4.69, 9.17) is 9.47 Å². The summed E-state index contributed by atoms with van der Waals surface area (Å²) in [6, 6.07) is 4.23. The van der Waals surface area contributed by atoms with Gasteiger partial charge in [0.2, 0.25) is 5.78 Å². The third-order valence-electron chi connectivity index (χ3n) is 2.97. The largest absolute Gasteiger partial charge is 0.497 e. The number of benzene rings is 1. The molecule has 1 aromatic rings. The molecule has 110 valence electrons. The van der Waals surface area contributed by atoms with Crippen LogP contribution >= 0.6 is 0 Å². The SMILES string of the molecule is CCOC(=O)C(=O)C(c1ccc(OC)cc1F)C(C)C. The number of rotatable bonds is 6. The summed E-state index contributed by atoms with van der Waals surface area (Å²) < 4.78 is 23.7. The fourth-order valence-corrected chi connectivity index (χ4v) is 2.02. The van der Waals surface area contributed by atoms with E-state index in [0.717, 1.165) is 0 Å². The number of esters is 1. The third-order valence-corrected chi connectivity index (χ3v) is 2.97. The van der Waals surface area contributed by atoms with Crippen molar-refractivity contribution in [2.45, 2.75) is 26.7 Å². The van der Waals surface area contributed by atoms with Gasteiger partial charge in [-0.2, -0.15) is 0 Å². The zero-order valence-corrected chi connectivity index (χ0v) is 12.1. The van der Waals surface area contributed by atoms with Gasteiger partial charge in [-0.3, -0.25) is 4.79 Å². The van der Waals surface area contributed by atoms with E-state index >= 15 is 0 Å². The van der Waals surface area contributed by atoms with Crippen LogP contribution in [0.4, 0.5) is 4.39 Å². The first-order valence-corrected chi connectivity index (χ1v) is 6.46. The number of hydrogen-bond donors (Lipinski definition) is 0. The molecule has 0 saturated heterocycles. The lowest BCUT2D eigenvalue weighted by molar-refractivity contribution is -0.154. The van der Waals surface area contributed by atoms with Crippen LogP contribution < -0.4 is 4.74 Å². The molecule has 5 heteroatoms. The van der Waals surface area contributed by atoms with Crippen molar-refractivity contribution in [3.8, 4) is 5.75 Å². The highest BCUT2D eigenvalue weighted by Gasteiger charge is 2.32. The van der Waals surface area contributed by atoms with Crippen molar-refractivity contribution in [2.24, 2.45) is 5.92 Å². The van der Waals surface area contributed by atoms with E-state index in [9.17, 15) is 14.0 Å². The van der Waals surface area contributed by atoms with Gasteiger partial charge in [0, 0.05) is 6.07 Å². The molecule has 0 heterocycles. The average Bonchev–Trinajstić information content (AvgIpc) is 2.40. The van der Waals surface area contributed by atoms with E-state index in [0.29, 0.717) is 5.75 Å². The van der Waals surface area contributed by atoms with Crippen molar-refractivity contribution in [3.63, 3.8) is 0 Å². The van der Waals surface area contributed by atoms with E-state index < -0.39 is 23.5 Å². The minimum absolute atomic E-state index is 0.112. The van der Waals surface area contributed by atoms with Crippen LogP contribution in [-0.4, -0.2) is 25.5 Å². The number of carbonyl (C=O) groups excluding carboxylic acids is 2. The Morgan fingerprint density at radius 2 is 1.95 bits per heavy atom. The monoisotopic (exact) mass is 282 g/mol. The maximum atomic E-state index is 14.1. The lowest BCUT2D eigenvalue weighted by atomic mass is 9.84. The summed E-state index contributed by atoms with van der Waals surface area (Å²) in [4.78, 5) is 23.7. The summed E-state index contributed by atoms with van der Waals surface area (Å²) in [5.41, 5.74) is 0.179. The predicted octanol–water partition coefficient (Wildman–Crippen LogP) is 2.71. The van der Waals surface area contributed by atoms with Crippen LogP contribution in [0.25, 0.3) is 0 Å². The van der Waals surface area contributed by atoms with Crippen LogP contribution in [0.1, 0.15) is 32.3 Å². The molecule has 1 aromatic carbocycles. The molecule has 0 amide bonds. The highest BCUT2D eigenvalue weighted by Crippen LogP contribution is 2.30. The number of carbonyl (C=O) groups is 2. The van der Waals surface area contributed by atoms with Gasteiger partial charge in [0.15, 0.2) is 0 Å². The van der Waals surface area contributed by atoms with Gasteiger partial charge in [0.05, 0.1) is 19.6 Å². The van der Waals surface area contributed by atoms with Gasteiger partial charge >= 0.3 is 5.97 Å². The second-order valence-corrected chi connectivity index (χ2v) is 4.69. The van der Waals surface area contributed by atoms with Gasteiger partial charge in [-0.1, -0.05) is 19.9 Å². The number of ketones is 1. The fourth-order valence-electron chi connectivity index (χ4n) is 2.02. The second-order valence-electron chi connectivity index (χ2n) is 4.69. The minimum Gasteiger partial charge on any atom is -0.497 e. The first-order chi connectivity index (χ1) is 9.42. The van der Waals surface area contributed by atoms with Gasteiger partial charge in [-0.15, -0.1) is 0 Å². The summed E-state index contributed by atoms with van der Waals surface area (Å²) in [7, 11) is 1.43. The fraction of sp³-hybridized carbons (Fsp3) is 0.467. The molecular weight excluding hydrogens is 263 g/mol. The normalized spacial score (nSPS) is 12.1. The molecular formula is C15H19FO4. The van der Waals surface area contributed by atoms with Crippen LogP contribution in [-0.2, 0) is 14.3 Å². The molecule has 0 aliphatic carbocycles. The minimum atomic E-state index is -0.929. The van der Waals surface area contributed by atoms with Crippen LogP contribution in [0.5, 0.6) is 5.75 Å². The van der Waals surface area contributed by atoms with E-state index in [1.54, 1.807) is 26.8 Å². The molecule has 0 saturated carbocycles. The van der Waals surface area contributed by atoms with Crippen molar-refractivity contribution in [1.29, 1.82) is 0 Å². The quantitative estimate of drug-likeness (QED) is 0.594. The van der Waals surface area contributed by atoms with Crippen LogP contribution in [0, 0.1) is 11.7 Å². The van der Waals surface area contributed by atoms with Crippen molar-refractivity contribution >= 4 is 11.8 Å². The Kier molecular flexibility index (Phi) is 5.67. The molecule has 1 rings (SSSR count). The molecule has 0 N–H and O–H groups in total. The predicted molar refractivity (Wildman–Crippen MR) is 72.2 cm³/mol. The Balaban J connectivity index is 3.14. The number of methoxy groups -OCH3 is 1. The lowest BCUT2D eigenvalue weighted by Gasteiger charge is -2.20. The Morgan fingerprint density at radius 3 is 2.40 bits per heavy atom. The Bertz CT molecular complexity index is 497. The molecule has 0 aliphatic rings. The standard InChI is InChI=1S/C15H19FO4/c1-5-20-15(18)14(17)13(9(2)3)11-7-6-10(19-4)8-12(11)16/h6-9,13H,5H2,1-4H3. The summed E-state index contributed by atoms with van der Waals surface area (Å²) in [5.74, 6) is -2.96. The molecule has 0 aromatic heterocycles. The Hall–Kier alpha value is -1.91. The van der Waals surface area contributed by atoms with E-state index in [1.165, 1.54) is 19.2 Å². The van der Waals surface area contributed by atoms with Crippen LogP contribution in [0.15, 0.2) is 18.2 Å². The molecule has 0 bridgehead atoms. The molecule has 20 heavy (non-hydrogen) atoms. The van der Waals surface area contributed by atoms with Crippen molar-refractivity contribution < 1.29 is 23.5 Å². The highest BCUT2D eigenvalue weighted by atomic mass is 19.1. The molecule has 0 spiro atoms. The second kappa shape index (κ2) is 7.03. The molecule has 1 unspecified atom stereocenters. The van der Waals surface area contributed by atoms with Crippen LogP contribution in [0.2, 0.25) is 0 Å². The Morgan fingerprint density at radius 1 is 1.30 bits per heavy atom. The molecule has 0 radical (unpaired) electrons. The Labute approximate surface area is 117 Å². The zero-order chi connectivity index (χ0) is 15.3. The van der Waals surface area contributed by atoms with Crippen molar-refractivity contribution in [2.75, 3.05) is 13.7 Å². The first-order valence-electron chi connectivity index (χ1n) is 6.46. The number of ether oxygens (including phenoxy) is 2. The summed E-state index contributed by atoms with van der Waals surface area (Å²) in [6.45, 7) is 5.24. The molecule has 4 nitrogen and oxygen atoms in total. The molecule has 0 fully saturated rings. The van der Waals surface area contributed by atoms with Gasteiger partial charge in [0.1, 0.15) is 11.6 Å². The average molecular weight is 282 g/mol. The van der Waals surface area contributed by atoms with Gasteiger partial charge in [0.25, 0.3) is 0 Å². The van der Waals surface area contributed by atoms with Gasteiger partial charge in [-0.05, 0) is 24.5 Å². The highest BCUT2D eigenvalue weighted by molar-refractivity contribution is 6.35. The summed E-state index contributed by atoms with van der Waals surface area (Å²) >= 11 is 0. The number of hydrogen-bond acceptors (Lipinski definition) is 4. The maximum Gasteiger partial charge on any atom is 0.375 e. The molecule has 1 atom stereocenters. The number of Topliss-reactive ketones (excluding diaryl/α,β-unsaturated/α-hetero) is 1. The van der Waals surface area contributed by atoms with E-state index in [2.05, 4.69) is 0 Å². The third kappa shape index (κ3) is 3.56. The number of halogens is 1. The van der Waals surface area contributed by atoms with Crippen molar-refractivity contribution in [3.05, 3.63) is 29.6 Å². The lowest BCUT2D eigenvalue weighted by Crippen LogP contribution is -2.28. The van der Waals surface area contributed by atoms with Crippen LogP contribution in [0.3, 0.4) is 0 Å². The summed E-state index contributed by atoms with van der Waals surface area (Å²) in [6.07, 6.45) is 0.